The van der Waals surface area contributed by atoms with E-state index in [-0.39, 0.29) is 5.60 Å². The van der Waals surface area contributed by atoms with Crippen LogP contribution in [-0.2, 0) is 4.74 Å². The van der Waals surface area contributed by atoms with E-state index in [1.165, 1.54) is 32.1 Å². The minimum absolute atomic E-state index is 0.160. The molecular formula is C15H21BrN2O. The Kier molecular flexibility index (Phi) is 4.08. The molecule has 1 N–H and O–H groups in total. The molecule has 1 aliphatic heterocycles. The van der Waals surface area contributed by atoms with Crippen LogP contribution in [0.2, 0.25) is 0 Å². The van der Waals surface area contributed by atoms with Crippen LogP contribution in [0.25, 0.3) is 0 Å². The van der Waals surface area contributed by atoms with Crippen LogP contribution < -0.4 is 5.32 Å². The van der Waals surface area contributed by atoms with E-state index in [4.69, 9.17) is 4.74 Å². The summed E-state index contributed by atoms with van der Waals surface area (Å²) in [5.41, 5.74) is 1.26. The molecule has 104 valence electrons. The Morgan fingerprint density at radius 3 is 2.89 bits per heavy atom. The van der Waals surface area contributed by atoms with Gasteiger partial charge in [0, 0.05) is 23.3 Å². The third-order valence-electron chi connectivity index (χ3n) is 4.33. The van der Waals surface area contributed by atoms with Crippen LogP contribution in [0.1, 0.15) is 44.9 Å². The van der Waals surface area contributed by atoms with E-state index >= 15 is 0 Å². The first-order chi connectivity index (χ1) is 9.26. The van der Waals surface area contributed by atoms with Gasteiger partial charge in [-0.05, 0) is 47.7 Å². The van der Waals surface area contributed by atoms with Crippen LogP contribution in [0.3, 0.4) is 0 Å². The zero-order chi connectivity index (χ0) is 13.1. The topological polar surface area (TPSA) is 34.2 Å². The molecule has 1 aromatic rings. The summed E-state index contributed by atoms with van der Waals surface area (Å²) in [6.07, 6.45) is 12.4. The molecule has 0 radical (unpaired) electrons. The van der Waals surface area contributed by atoms with Crippen LogP contribution in [0.5, 0.6) is 0 Å². The molecule has 1 saturated heterocycles. The minimum atomic E-state index is 0.160. The van der Waals surface area contributed by atoms with Gasteiger partial charge in [-0.25, -0.2) is 0 Å². The van der Waals surface area contributed by atoms with Gasteiger partial charge in [-0.2, -0.15) is 0 Å². The third kappa shape index (κ3) is 3.29. The SMILES string of the molecule is Brc1cncc(NC2CCOC3(CCCCC3)C2)c1. The Hall–Kier alpha value is -0.610. The van der Waals surface area contributed by atoms with Crippen molar-refractivity contribution >= 4 is 21.6 Å². The van der Waals surface area contributed by atoms with Gasteiger partial charge in [-0.15, -0.1) is 0 Å². The first kappa shape index (κ1) is 13.4. The summed E-state index contributed by atoms with van der Waals surface area (Å²) in [7, 11) is 0. The maximum atomic E-state index is 6.13. The van der Waals surface area contributed by atoms with Gasteiger partial charge in [0.15, 0.2) is 0 Å². The normalized spacial score (nSPS) is 26.3. The van der Waals surface area contributed by atoms with Crippen molar-refractivity contribution in [2.45, 2.75) is 56.6 Å². The molecule has 1 unspecified atom stereocenters. The van der Waals surface area contributed by atoms with Crippen molar-refractivity contribution in [3.05, 3.63) is 22.9 Å². The number of nitrogens with one attached hydrogen (secondary N) is 1. The number of aromatic nitrogens is 1. The van der Waals surface area contributed by atoms with E-state index in [0.717, 1.165) is 29.6 Å². The third-order valence-corrected chi connectivity index (χ3v) is 4.77. The number of hydrogen-bond donors (Lipinski definition) is 1. The lowest BCUT2D eigenvalue weighted by molar-refractivity contribution is -0.103. The number of anilines is 1. The van der Waals surface area contributed by atoms with E-state index < -0.39 is 0 Å². The molecule has 2 heterocycles. The highest BCUT2D eigenvalue weighted by Crippen LogP contribution is 2.39. The molecule has 2 fully saturated rings. The number of pyridine rings is 1. The number of hydrogen-bond acceptors (Lipinski definition) is 3. The Balaban J connectivity index is 1.65. The van der Waals surface area contributed by atoms with Crippen LogP contribution in [-0.4, -0.2) is 23.2 Å². The second-order valence-electron chi connectivity index (χ2n) is 5.82. The Morgan fingerprint density at radius 1 is 1.26 bits per heavy atom. The lowest BCUT2D eigenvalue weighted by Gasteiger charge is -2.43. The molecule has 1 aromatic heterocycles. The van der Waals surface area contributed by atoms with Gasteiger partial charge in [0.2, 0.25) is 0 Å². The highest BCUT2D eigenvalue weighted by molar-refractivity contribution is 9.10. The van der Waals surface area contributed by atoms with Crippen molar-refractivity contribution < 1.29 is 4.74 Å². The van der Waals surface area contributed by atoms with Crippen molar-refractivity contribution in [3.8, 4) is 0 Å². The van der Waals surface area contributed by atoms with Gasteiger partial charge in [0.25, 0.3) is 0 Å². The predicted octanol–water partition coefficient (Wildman–Crippen LogP) is 4.14. The maximum Gasteiger partial charge on any atom is 0.0702 e. The Bertz CT molecular complexity index is 426. The second kappa shape index (κ2) is 5.80. The van der Waals surface area contributed by atoms with Crippen LogP contribution in [0.15, 0.2) is 22.9 Å². The molecule has 3 nitrogen and oxygen atoms in total. The van der Waals surface area contributed by atoms with E-state index in [0.29, 0.717) is 6.04 Å². The largest absolute Gasteiger partial charge is 0.381 e. The second-order valence-corrected chi connectivity index (χ2v) is 6.73. The summed E-state index contributed by atoms with van der Waals surface area (Å²) in [4.78, 5) is 4.21. The average molecular weight is 325 g/mol. The standard InChI is InChI=1S/C15H21BrN2O/c16-12-8-14(11-17-10-12)18-13-4-7-19-15(9-13)5-2-1-3-6-15/h8,10-11,13,18H,1-7,9H2. The molecule has 2 aliphatic rings. The molecule has 1 aliphatic carbocycles. The molecule has 1 atom stereocenters. The zero-order valence-electron chi connectivity index (χ0n) is 11.2. The molecule has 4 heteroatoms. The quantitative estimate of drug-likeness (QED) is 0.887. The smallest absolute Gasteiger partial charge is 0.0702 e. The van der Waals surface area contributed by atoms with Crippen LogP contribution in [0.4, 0.5) is 5.69 Å². The van der Waals surface area contributed by atoms with Crippen molar-refractivity contribution in [1.82, 2.24) is 4.98 Å². The van der Waals surface area contributed by atoms with Crippen LogP contribution in [0, 0.1) is 0 Å². The molecule has 0 aromatic carbocycles. The maximum absolute atomic E-state index is 6.13. The molecular weight excluding hydrogens is 304 g/mol. The van der Waals surface area contributed by atoms with Gasteiger partial charge in [0.05, 0.1) is 17.5 Å². The van der Waals surface area contributed by atoms with E-state index in [9.17, 15) is 0 Å². The number of halogens is 1. The van der Waals surface area contributed by atoms with Gasteiger partial charge >= 0.3 is 0 Å². The Morgan fingerprint density at radius 2 is 2.11 bits per heavy atom. The van der Waals surface area contributed by atoms with Gasteiger partial charge < -0.3 is 10.1 Å². The monoisotopic (exact) mass is 324 g/mol. The molecule has 1 spiro atoms. The lowest BCUT2D eigenvalue weighted by Crippen LogP contribution is -2.45. The highest BCUT2D eigenvalue weighted by Gasteiger charge is 2.38. The average Bonchev–Trinajstić information content (AvgIpc) is 2.40. The first-order valence-electron chi connectivity index (χ1n) is 7.27. The van der Waals surface area contributed by atoms with Gasteiger partial charge in [-0.1, -0.05) is 19.3 Å². The molecule has 3 rings (SSSR count). The first-order valence-corrected chi connectivity index (χ1v) is 8.06. The molecule has 19 heavy (non-hydrogen) atoms. The summed E-state index contributed by atoms with van der Waals surface area (Å²) in [6.45, 7) is 0.888. The Labute approximate surface area is 123 Å². The zero-order valence-corrected chi connectivity index (χ0v) is 12.8. The van der Waals surface area contributed by atoms with E-state index in [1.54, 1.807) is 0 Å². The summed E-state index contributed by atoms with van der Waals surface area (Å²) >= 11 is 3.47. The number of nitrogens with zero attached hydrogens (tertiary/aromatic N) is 1. The fourth-order valence-electron chi connectivity index (χ4n) is 3.42. The van der Waals surface area contributed by atoms with Gasteiger partial charge in [-0.3, -0.25) is 4.98 Å². The van der Waals surface area contributed by atoms with Crippen molar-refractivity contribution in [1.29, 1.82) is 0 Å². The van der Waals surface area contributed by atoms with Crippen molar-refractivity contribution in [2.24, 2.45) is 0 Å². The summed E-state index contributed by atoms with van der Waals surface area (Å²) in [6, 6.07) is 2.61. The summed E-state index contributed by atoms with van der Waals surface area (Å²) in [5.74, 6) is 0. The van der Waals surface area contributed by atoms with Crippen LogP contribution >= 0.6 is 15.9 Å². The summed E-state index contributed by atoms with van der Waals surface area (Å²) in [5, 5.41) is 3.62. The molecule has 0 amide bonds. The molecule has 0 bridgehead atoms. The predicted molar refractivity (Wildman–Crippen MR) is 80.3 cm³/mol. The lowest BCUT2D eigenvalue weighted by atomic mass is 9.78. The van der Waals surface area contributed by atoms with E-state index in [2.05, 4.69) is 32.3 Å². The van der Waals surface area contributed by atoms with Gasteiger partial charge in [0.1, 0.15) is 0 Å². The fourth-order valence-corrected chi connectivity index (χ4v) is 3.79. The van der Waals surface area contributed by atoms with Crippen molar-refractivity contribution in [2.75, 3.05) is 11.9 Å². The van der Waals surface area contributed by atoms with E-state index in [1.807, 2.05) is 12.4 Å². The number of rotatable bonds is 2. The minimum Gasteiger partial charge on any atom is -0.381 e. The number of ether oxygens (including phenoxy) is 1. The van der Waals surface area contributed by atoms with Crippen molar-refractivity contribution in [3.63, 3.8) is 0 Å². The summed E-state index contributed by atoms with van der Waals surface area (Å²) < 4.78 is 7.16. The fraction of sp³-hybridized carbons (Fsp3) is 0.667. The molecule has 1 saturated carbocycles. The highest BCUT2D eigenvalue weighted by atomic mass is 79.9.